The first kappa shape index (κ1) is 21.7. The van der Waals surface area contributed by atoms with Crippen LogP contribution in [0.3, 0.4) is 0 Å². The zero-order chi connectivity index (χ0) is 23.4. The van der Waals surface area contributed by atoms with Gasteiger partial charge in [-0.05, 0) is 11.6 Å². The van der Waals surface area contributed by atoms with E-state index in [9.17, 15) is 19.7 Å². The van der Waals surface area contributed by atoms with E-state index in [2.05, 4.69) is 10.3 Å². The summed E-state index contributed by atoms with van der Waals surface area (Å²) >= 11 is 0. The van der Waals surface area contributed by atoms with E-state index in [1.807, 2.05) is 36.4 Å². The average Bonchev–Trinajstić information content (AvgIpc) is 2.94. The van der Waals surface area contributed by atoms with Crippen LogP contribution < -0.4 is 10.2 Å². The maximum atomic E-state index is 13.1. The standard InChI is InChI=1S/C24H20N4O5/c1-27-20-13-12-18(28(31)32)14-19(20)21(17-10-6-3-7-11-17)25-22(23(27)29)26-24(30)33-15-16-8-4-2-5-9-16/h2-14,22H,15H2,1H3,(H,26,30). The number of non-ortho nitro benzene ring substituents is 1. The number of hydrogen-bond donors (Lipinski definition) is 1. The maximum absolute atomic E-state index is 13.1. The van der Waals surface area contributed by atoms with Gasteiger partial charge in [0.2, 0.25) is 6.17 Å². The molecule has 1 heterocycles. The van der Waals surface area contributed by atoms with E-state index in [0.717, 1.165) is 5.56 Å². The van der Waals surface area contributed by atoms with Gasteiger partial charge in [-0.1, -0.05) is 60.7 Å². The minimum absolute atomic E-state index is 0.0328. The molecule has 1 aliphatic rings. The van der Waals surface area contributed by atoms with Crippen molar-refractivity contribution in [3.8, 4) is 0 Å². The summed E-state index contributed by atoms with van der Waals surface area (Å²) in [4.78, 5) is 42.3. The number of aliphatic imine (C=N–C) groups is 1. The number of hydrogen-bond acceptors (Lipinski definition) is 6. The SMILES string of the molecule is CN1C(=O)C(NC(=O)OCc2ccccc2)N=C(c2ccccc2)c2cc([N+](=O)[O-])ccc21. The first-order valence-corrected chi connectivity index (χ1v) is 10.1. The normalized spacial score (nSPS) is 15.2. The number of nitrogens with one attached hydrogen (secondary N) is 1. The quantitative estimate of drug-likeness (QED) is 0.476. The molecule has 3 aromatic rings. The molecule has 1 unspecified atom stereocenters. The highest BCUT2D eigenvalue weighted by Gasteiger charge is 2.32. The first-order valence-electron chi connectivity index (χ1n) is 10.1. The van der Waals surface area contributed by atoms with Crippen LogP contribution >= 0.6 is 0 Å². The number of carbonyl (C=O) groups is 2. The van der Waals surface area contributed by atoms with Crippen molar-refractivity contribution in [2.45, 2.75) is 12.8 Å². The number of likely N-dealkylation sites (N-methyl/N-ethyl adjacent to an activating group) is 1. The highest BCUT2D eigenvalue weighted by atomic mass is 16.6. The van der Waals surface area contributed by atoms with Crippen LogP contribution in [-0.2, 0) is 16.1 Å². The van der Waals surface area contributed by atoms with E-state index in [0.29, 0.717) is 22.5 Å². The first-order chi connectivity index (χ1) is 15.9. The van der Waals surface area contributed by atoms with Gasteiger partial charge in [-0.2, -0.15) is 0 Å². The molecule has 0 aliphatic carbocycles. The van der Waals surface area contributed by atoms with Crippen LogP contribution in [0.25, 0.3) is 0 Å². The molecule has 1 atom stereocenters. The van der Waals surface area contributed by atoms with Crippen molar-refractivity contribution in [1.82, 2.24) is 5.32 Å². The van der Waals surface area contributed by atoms with Gasteiger partial charge in [-0.25, -0.2) is 9.79 Å². The Balaban J connectivity index is 1.69. The lowest BCUT2D eigenvalue weighted by molar-refractivity contribution is -0.384. The third-order valence-corrected chi connectivity index (χ3v) is 5.14. The Morgan fingerprint density at radius 1 is 1.09 bits per heavy atom. The van der Waals surface area contributed by atoms with Crippen LogP contribution in [0.5, 0.6) is 0 Å². The van der Waals surface area contributed by atoms with E-state index in [-0.39, 0.29) is 12.3 Å². The van der Waals surface area contributed by atoms with Gasteiger partial charge in [0.15, 0.2) is 0 Å². The van der Waals surface area contributed by atoms with E-state index < -0.39 is 23.1 Å². The fourth-order valence-corrected chi connectivity index (χ4v) is 3.47. The average molecular weight is 444 g/mol. The zero-order valence-corrected chi connectivity index (χ0v) is 17.7. The Kier molecular flexibility index (Phi) is 6.12. The van der Waals surface area contributed by atoms with Gasteiger partial charge < -0.3 is 9.64 Å². The molecule has 0 radical (unpaired) electrons. The fourth-order valence-electron chi connectivity index (χ4n) is 3.47. The number of nitro benzene ring substituents is 1. The summed E-state index contributed by atoms with van der Waals surface area (Å²) in [5, 5.41) is 13.9. The van der Waals surface area contributed by atoms with E-state index in [1.165, 1.54) is 30.1 Å². The van der Waals surface area contributed by atoms with Crippen LogP contribution in [0.2, 0.25) is 0 Å². The van der Waals surface area contributed by atoms with Gasteiger partial charge in [0.25, 0.3) is 11.6 Å². The molecule has 9 nitrogen and oxygen atoms in total. The minimum atomic E-state index is -1.28. The highest BCUT2D eigenvalue weighted by Crippen LogP contribution is 2.30. The number of nitrogens with zero attached hydrogens (tertiary/aromatic N) is 3. The second kappa shape index (κ2) is 9.31. The Morgan fingerprint density at radius 2 is 1.76 bits per heavy atom. The molecule has 0 aromatic heterocycles. The smallest absolute Gasteiger partial charge is 0.409 e. The van der Waals surface area contributed by atoms with Crippen molar-refractivity contribution in [3.05, 3.63) is 106 Å². The molecule has 0 spiro atoms. The third-order valence-electron chi connectivity index (χ3n) is 5.14. The molecule has 4 rings (SSSR count). The predicted octanol–water partition coefficient (Wildman–Crippen LogP) is 3.66. The fraction of sp³-hybridized carbons (Fsp3) is 0.125. The van der Waals surface area contributed by atoms with Gasteiger partial charge in [0.05, 0.1) is 16.3 Å². The zero-order valence-electron chi connectivity index (χ0n) is 17.7. The van der Waals surface area contributed by atoms with Crippen molar-refractivity contribution in [2.75, 3.05) is 11.9 Å². The minimum Gasteiger partial charge on any atom is -0.445 e. The van der Waals surface area contributed by atoms with E-state index in [4.69, 9.17) is 4.74 Å². The number of anilines is 1. The molecule has 33 heavy (non-hydrogen) atoms. The second-order valence-electron chi connectivity index (χ2n) is 7.31. The molecular formula is C24H20N4O5. The molecule has 2 amide bonds. The molecule has 9 heteroatoms. The Hall–Kier alpha value is -4.53. The molecule has 3 aromatic carbocycles. The third kappa shape index (κ3) is 4.72. The molecule has 0 saturated carbocycles. The largest absolute Gasteiger partial charge is 0.445 e. The lowest BCUT2D eigenvalue weighted by Crippen LogP contribution is -2.46. The van der Waals surface area contributed by atoms with Crippen LogP contribution in [-0.4, -0.2) is 35.8 Å². The molecule has 1 aliphatic heterocycles. The highest BCUT2D eigenvalue weighted by molar-refractivity contribution is 6.20. The number of benzene rings is 3. The van der Waals surface area contributed by atoms with Gasteiger partial charge >= 0.3 is 6.09 Å². The number of rotatable bonds is 5. The van der Waals surface area contributed by atoms with Crippen LogP contribution in [0, 0.1) is 10.1 Å². The maximum Gasteiger partial charge on any atom is 0.409 e. The monoisotopic (exact) mass is 444 g/mol. The van der Waals surface area contributed by atoms with Crippen molar-refractivity contribution in [1.29, 1.82) is 0 Å². The lowest BCUT2D eigenvalue weighted by Gasteiger charge is -2.20. The summed E-state index contributed by atoms with van der Waals surface area (Å²) < 4.78 is 5.24. The van der Waals surface area contributed by atoms with Gasteiger partial charge in [-0.15, -0.1) is 0 Å². The van der Waals surface area contributed by atoms with Crippen molar-refractivity contribution >= 4 is 29.1 Å². The lowest BCUT2D eigenvalue weighted by atomic mass is 9.99. The number of benzodiazepines with no additional fused rings is 1. The van der Waals surface area contributed by atoms with Gasteiger partial charge in [0, 0.05) is 30.3 Å². The summed E-state index contributed by atoms with van der Waals surface area (Å²) in [7, 11) is 1.53. The van der Waals surface area contributed by atoms with E-state index in [1.54, 1.807) is 24.3 Å². The van der Waals surface area contributed by atoms with Gasteiger partial charge in [0.1, 0.15) is 6.61 Å². The number of amides is 2. The Morgan fingerprint density at radius 3 is 2.42 bits per heavy atom. The van der Waals surface area contributed by atoms with Crippen molar-refractivity contribution in [3.63, 3.8) is 0 Å². The molecule has 0 bridgehead atoms. The Labute approximate surface area is 189 Å². The van der Waals surface area contributed by atoms with Crippen LogP contribution in [0.15, 0.2) is 83.9 Å². The molecule has 1 N–H and O–H groups in total. The Bertz CT molecular complexity index is 1230. The number of fused-ring (bicyclic) bond motifs is 1. The summed E-state index contributed by atoms with van der Waals surface area (Å²) in [6, 6.07) is 22.3. The van der Waals surface area contributed by atoms with Crippen LogP contribution in [0.1, 0.15) is 16.7 Å². The molecular weight excluding hydrogens is 424 g/mol. The topological polar surface area (TPSA) is 114 Å². The van der Waals surface area contributed by atoms with Crippen molar-refractivity contribution in [2.24, 2.45) is 4.99 Å². The summed E-state index contributed by atoms with van der Waals surface area (Å²) in [6.45, 7) is 0.0328. The number of alkyl carbamates (subject to hydrolysis) is 1. The molecule has 166 valence electrons. The number of nitro groups is 1. The summed E-state index contributed by atoms with van der Waals surface area (Å²) in [5.41, 5.74) is 2.51. The number of ether oxygens (including phenoxy) is 1. The predicted molar refractivity (Wildman–Crippen MR) is 122 cm³/mol. The van der Waals surface area contributed by atoms with E-state index >= 15 is 0 Å². The molecule has 0 fully saturated rings. The second-order valence-corrected chi connectivity index (χ2v) is 7.31. The van der Waals surface area contributed by atoms with Crippen molar-refractivity contribution < 1.29 is 19.2 Å². The summed E-state index contributed by atoms with van der Waals surface area (Å²) in [5.74, 6) is -0.507. The molecule has 0 saturated heterocycles. The summed E-state index contributed by atoms with van der Waals surface area (Å²) in [6.07, 6.45) is -2.08. The van der Waals surface area contributed by atoms with Gasteiger partial charge in [-0.3, -0.25) is 20.2 Å². The van der Waals surface area contributed by atoms with Crippen LogP contribution in [0.4, 0.5) is 16.2 Å². The number of carbonyl (C=O) groups excluding carboxylic acids is 2.